The van der Waals surface area contributed by atoms with Gasteiger partial charge in [-0.15, -0.1) is 0 Å². The fraction of sp³-hybridized carbons (Fsp3) is 0.391. The summed E-state index contributed by atoms with van der Waals surface area (Å²) in [5, 5.41) is 0.831. The molecule has 0 radical (unpaired) electrons. The Labute approximate surface area is 198 Å². The number of piperidine rings is 1. The second-order valence-corrected chi connectivity index (χ2v) is 11.1. The first-order valence-corrected chi connectivity index (χ1v) is 13.2. The van der Waals surface area contributed by atoms with Gasteiger partial charge in [-0.3, -0.25) is 9.62 Å². The molecule has 176 valence electrons. The van der Waals surface area contributed by atoms with Crippen LogP contribution in [0.25, 0.3) is 0 Å². The molecule has 1 atom stereocenters. The van der Waals surface area contributed by atoms with Gasteiger partial charge in [0.2, 0.25) is 10.3 Å². The Bertz CT molecular complexity index is 1190. The number of halogens is 1. The Hall–Kier alpha value is -2.56. The lowest BCUT2D eigenvalue weighted by Gasteiger charge is -2.40. The second kappa shape index (κ2) is 9.74. The zero-order valence-electron chi connectivity index (χ0n) is 18.9. The Morgan fingerprint density at radius 1 is 1.12 bits per heavy atom. The topological polar surface area (TPSA) is 78.4 Å². The van der Waals surface area contributed by atoms with E-state index in [4.69, 9.17) is 0 Å². The van der Waals surface area contributed by atoms with Crippen LogP contribution in [0.3, 0.4) is 0 Å². The van der Waals surface area contributed by atoms with Gasteiger partial charge in [0.25, 0.3) is 10.0 Å². The van der Waals surface area contributed by atoms with E-state index in [0.717, 1.165) is 48.3 Å². The van der Waals surface area contributed by atoms with Crippen molar-refractivity contribution in [2.45, 2.75) is 43.1 Å². The number of sulfonamides is 1. The van der Waals surface area contributed by atoms with Gasteiger partial charge in [-0.05, 0) is 44.4 Å². The zero-order valence-corrected chi connectivity index (χ0v) is 20.5. The van der Waals surface area contributed by atoms with Gasteiger partial charge in [0, 0.05) is 32.2 Å². The van der Waals surface area contributed by atoms with Crippen LogP contribution in [0.1, 0.15) is 37.1 Å². The molecule has 0 saturated carbocycles. The number of aryl methyl sites for hydroxylation is 1. The summed E-state index contributed by atoms with van der Waals surface area (Å²) in [6.45, 7) is 6.00. The molecule has 3 heterocycles. The molecule has 33 heavy (non-hydrogen) atoms. The molecule has 1 fully saturated rings. The lowest BCUT2D eigenvalue weighted by Crippen LogP contribution is -2.44. The van der Waals surface area contributed by atoms with Gasteiger partial charge in [-0.2, -0.15) is 12.8 Å². The molecule has 1 aromatic carbocycles. The van der Waals surface area contributed by atoms with Gasteiger partial charge in [0.05, 0.1) is 5.69 Å². The molecule has 4 rings (SSSR count). The first-order valence-electron chi connectivity index (χ1n) is 10.9. The van der Waals surface area contributed by atoms with Crippen LogP contribution in [0.4, 0.5) is 15.2 Å². The zero-order chi connectivity index (χ0) is 23.6. The van der Waals surface area contributed by atoms with E-state index in [2.05, 4.69) is 55.7 Å². The first-order chi connectivity index (χ1) is 15.7. The summed E-state index contributed by atoms with van der Waals surface area (Å²) in [5.41, 5.74) is 1.98. The third kappa shape index (κ3) is 5.34. The largest absolute Gasteiger partial charge is 0.362 e. The third-order valence-corrected chi connectivity index (χ3v) is 9.11. The number of nitrogens with zero attached hydrogens (tertiary/aromatic N) is 4. The number of thiazole rings is 1. The molecule has 1 N–H and O–H groups in total. The molecule has 10 heteroatoms. The monoisotopic (exact) mass is 489 g/mol. The summed E-state index contributed by atoms with van der Waals surface area (Å²) < 4.78 is 41.1. The van der Waals surface area contributed by atoms with Gasteiger partial charge in [0.1, 0.15) is 10.8 Å². The van der Waals surface area contributed by atoms with Crippen molar-refractivity contribution in [2.24, 2.45) is 0 Å². The highest BCUT2D eigenvalue weighted by Gasteiger charge is 2.29. The Morgan fingerprint density at radius 2 is 1.82 bits per heavy atom. The van der Waals surface area contributed by atoms with Crippen molar-refractivity contribution < 1.29 is 12.8 Å². The Balaban J connectivity index is 1.43. The van der Waals surface area contributed by atoms with Crippen LogP contribution in [-0.4, -0.2) is 49.5 Å². The summed E-state index contributed by atoms with van der Waals surface area (Å²) in [4.78, 5) is 12.5. The molecule has 1 aliphatic rings. The summed E-state index contributed by atoms with van der Waals surface area (Å²) in [5.74, 6) is -0.823. The van der Waals surface area contributed by atoms with E-state index in [1.165, 1.54) is 17.7 Å². The summed E-state index contributed by atoms with van der Waals surface area (Å²) in [6.07, 6.45) is 1.97. The van der Waals surface area contributed by atoms with Crippen molar-refractivity contribution >= 4 is 32.2 Å². The minimum atomic E-state index is -3.95. The van der Waals surface area contributed by atoms with Crippen LogP contribution in [0.15, 0.2) is 52.9 Å². The molecular weight excluding hydrogens is 461 g/mol. The number of likely N-dealkylation sites (tertiary alicyclic amines) is 1. The Kier molecular flexibility index (Phi) is 6.96. The van der Waals surface area contributed by atoms with Crippen LogP contribution in [-0.2, 0) is 10.0 Å². The summed E-state index contributed by atoms with van der Waals surface area (Å²) in [6, 6.07) is 15.1. The van der Waals surface area contributed by atoms with Crippen LogP contribution in [0.2, 0.25) is 0 Å². The van der Waals surface area contributed by atoms with E-state index in [9.17, 15) is 12.8 Å². The molecule has 1 saturated heterocycles. The fourth-order valence-corrected chi connectivity index (χ4v) is 6.59. The molecule has 2 aromatic heterocycles. The lowest BCUT2D eigenvalue weighted by atomic mass is 9.99. The van der Waals surface area contributed by atoms with Crippen molar-refractivity contribution in [3.8, 4) is 0 Å². The number of pyridine rings is 1. The van der Waals surface area contributed by atoms with Gasteiger partial charge >= 0.3 is 0 Å². The van der Waals surface area contributed by atoms with Crippen molar-refractivity contribution in [1.29, 1.82) is 0 Å². The summed E-state index contributed by atoms with van der Waals surface area (Å²) in [7, 11) is -1.95. The maximum atomic E-state index is 13.3. The molecule has 1 aliphatic heterocycles. The first kappa shape index (κ1) is 23.6. The highest BCUT2D eigenvalue weighted by atomic mass is 32.2. The van der Waals surface area contributed by atoms with E-state index in [1.807, 2.05) is 20.0 Å². The number of anilines is 2. The predicted octanol–water partition coefficient (Wildman–Crippen LogP) is 4.45. The second-order valence-electron chi connectivity index (χ2n) is 8.29. The molecule has 3 aromatic rings. The number of nitrogens with one attached hydrogen (secondary N) is 1. The van der Waals surface area contributed by atoms with Crippen molar-refractivity contribution in [3.05, 3.63) is 65.7 Å². The molecule has 0 amide bonds. The fourth-order valence-electron chi connectivity index (χ4n) is 4.22. The van der Waals surface area contributed by atoms with Gasteiger partial charge in [-0.1, -0.05) is 47.7 Å². The summed E-state index contributed by atoms with van der Waals surface area (Å²) >= 11 is 1.12. The highest BCUT2D eigenvalue weighted by molar-refractivity contribution is 7.94. The smallest absolute Gasteiger partial charge is 0.290 e. The molecule has 0 bridgehead atoms. The number of hydrogen-bond donors (Lipinski definition) is 1. The molecule has 0 aliphatic carbocycles. The minimum Gasteiger partial charge on any atom is -0.362 e. The molecule has 7 nitrogen and oxygen atoms in total. The standard InChI is InChI=1S/C23H28FN5O2S2/c1-16-22(32-23(25-16)33(30,31)27-21-11-7-10-20(24)26-21)28(3)19-12-14-29(15-13-19)17(2)18-8-5-4-6-9-18/h4-11,17,19H,12-15H2,1-3H3,(H,26,27)/t17-/m1/s1. The van der Waals surface area contributed by atoms with E-state index in [1.54, 1.807) is 0 Å². The van der Waals surface area contributed by atoms with Gasteiger partial charge < -0.3 is 4.90 Å². The normalized spacial score (nSPS) is 16.5. The molecule has 0 spiro atoms. The molecular formula is C23H28FN5O2S2. The minimum absolute atomic E-state index is 0.0527. The van der Waals surface area contributed by atoms with Crippen molar-refractivity contribution in [2.75, 3.05) is 29.8 Å². The number of benzene rings is 1. The maximum Gasteiger partial charge on any atom is 0.290 e. The number of rotatable bonds is 7. The Morgan fingerprint density at radius 3 is 2.48 bits per heavy atom. The van der Waals surface area contributed by atoms with E-state index in [-0.39, 0.29) is 10.2 Å². The maximum absolute atomic E-state index is 13.3. The van der Waals surface area contributed by atoms with Crippen molar-refractivity contribution in [1.82, 2.24) is 14.9 Å². The third-order valence-electron chi connectivity index (χ3n) is 6.13. The SMILES string of the molecule is Cc1nc(S(=O)(=O)Nc2cccc(F)n2)sc1N(C)C1CCN([C@H](C)c2ccccc2)CC1. The number of hydrogen-bond acceptors (Lipinski definition) is 7. The van der Waals surface area contributed by atoms with Crippen LogP contribution in [0, 0.1) is 12.9 Å². The van der Waals surface area contributed by atoms with Crippen LogP contribution < -0.4 is 9.62 Å². The number of aromatic nitrogens is 2. The van der Waals surface area contributed by atoms with E-state index in [0.29, 0.717) is 17.8 Å². The van der Waals surface area contributed by atoms with Gasteiger partial charge in [-0.25, -0.2) is 9.97 Å². The highest BCUT2D eigenvalue weighted by Crippen LogP contribution is 2.34. The lowest BCUT2D eigenvalue weighted by molar-refractivity contribution is 0.162. The van der Waals surface area contributed by atoms with E-state index >= 15 is 0 Å². The quantitative estimate of drug-likeness (QED) is 0.494. The van der Waals surface area contributed by atoms with E-state index < -0.39 is 16.0 Å². The van der Waals surface area contributed by atoms with Gasteiger partial charge in [0.15, 0.2) is 0 Å². The molecule has 0 unspecified atom stereocenters. The van der Waals surface area contributed by atoms with Crippen molar-refractivity contribution in [3.63, 3.8) is 0 Å². The predicted molar refractivity (Wildman–Crippen MR) is 130 cm³/mol. The van der Waals surface area contributed by atoms with Crippen LogP contribution in [0.5, 0.6) is 0 Å². The average Bonchev–Trinajstić information content (AvgIpc) is 3.21. The average molecular weight is 490 g/mol. The van der Waals surface area contributed by atoms with Crippen LogP contribution >= 0.6 is 11.3 Å².